The number of rotatable bonds is 7. The molecule has 2 aromatic carbocycles. The van der Waals surface area contributed by atoms with Crippen molar-refractivity contribution in [3.63, 3.8) is 0 Å². The summed E-state index contributed by atoms with van der Waals surface area (Å²) in [6.45, 7) is 2.10. The fourth-order valence-electron chi connectivity index (χ4n) is 2.85. The quantitative estimate of drug-likeness (QED) is 0.322. The molecule has 1 heterocycles. The number of nitrogens with zero attached hydrogens (tertiary/aromatic N) is 1. The van der Waals surface area contributed by atoms with Crippen molar-refractivity contribution in [1.29, 1.82) is 0 Å². The lowest BCUT2D eigenvalue weighted by Gasteiger charge is -2.20. The number of fused-ring (bicyclic) bond motifs is 1. The standard InChI is InChI=1S/C20H24ClN3O4.HI/c1-25-16-4-3-14(11-17(16)26-2)12-24-20(22)23-6-5-13-9-15(21)19-18(10-13)27-7-8-28-19;/h3-4,9-11H,5-8,12H2,1-2H3,(H3,22,23,24);1H. The highest BCUT2D eigenvalue weighted by molar-refractivity contribution is 14.0. The van der Waals surface area contributed by atoms with Gasteiger partial charge in [0.05, 0.1) is 25.8 Å². The normalized spacial score (nSPS) is 12.7. The molecule has 0 saturated heterocycles. The van der Waals surface area contributed by atoms with Crippen LogP contribution in [-0.4, -0.2) is 39.9 Å². The topological polar surface area (TPSA) is 87.3 Å². The van der Waals surface area contributed by atoms with E-state index in [1.807, 2.05) is 30.3 Å². The molecule has 7 nitrogen and oxygen atoms in total. The predicted octanol–water partition coefficient (Wildman–Crippen LogP) is 3.39. The largest absolute Gasteiger partial charge is 0.493 e. The molecule has 0 amide bonds. The first kappa shape index (κ1) is 23.2. The average Bonchev–Trinajstić information content (AvgIpc) is 2.72. The second kappa shape index (κ2) is 11.2. The third-order valence-corrected chi connectivity index (χ3v) is 4.54. The SMILES string of the molecule is COc1ccc(CN=C(N)NCCc2cc(Cl)c3c(c2)OCCO3)cc1OC.I. The van der Waals surface area contributed by atoms with E-state index in [9.17, 15) is 0 Å². The van der Waals surface area contributed by atoms with Crippen molar-refractivity contribution in [3.05, 3.63) is 46.5 Å². The zero-order valence-electron chi connectivity index (χ0n) is 16.4. The van der Waals surface area contributed by atoms with E-state index in [0.717, 1.165) is 17.5 Å². The van der Waals surface area contributed by atoms with E-state index in [1.165, 1.54) is 0 Å². The number of nitrogens with one attached hydrogen (secondary N) is 1. The molecule has 1 aliphatic rings. The first-order valence-electron chi connectivity index (χ1n) is 8.93. The minimum Gasteiger partial charge on any atom is -0.493 e. The molecule has 29 heavy (non-hydrogen) atoms. The molecule has 0 fully saturated rings. The van der Waals surface area contributed by atoms with Crippen molar-refractivity contribution in [2.45, 2.75) is 13.0 Å². The smallest absolute Gasteiger partial charge is 0.188 e. The van der Waals surface area contributed by atoms with Gasteiger partial charge in [-0.2, -0.15) is 0 Å². The number of ether oxygens (including phenoxy) is 4. The molecular formula is C20H25ClIN3O4. The van der Waals surface area contributed by atoms with Gasteiger partial charge in [0, 0.05) is 6.54 Å². The van der Waals surface area contributed by atoms with Crippen LogP contribution in [0.5, 0.6) is 23.0 Å². The number of guanidine groups is 1. The Morgan fingerprint density at radius 1 is 1.10 bits per heavy atom. The molecule has 1 aliphatic heterocycles. The van der Waals surface area contributed by atoms with Gasteiger partial charge in [0.15, 0.2) is 29.0 Å². The fourth-order valence-corrected chi connectivity index (χ4v) is 3.14. The maximum absolute atomic E-state index is 6.26. The van der Waals surface area contributed by atoms with Crippen LogP contribution in [0, 0.1) is 0 Å². The lowest BCUT2D eigenvalue weighted by atomic mass is 10.1. The van der Waals surface area contributed by atoms with Gasteiger partial charge in [0.25, 0.3) is 0 Å². The summed E-state index contributed by atoms with van der Waals surface area (Å²) in [5, 5.41) is 3.67. The molecule has 0 bridgehead atoms. The van der Waals surface area contributed by atoms with Crippen LogP contribution in [0.2, 0.25) is 5.02 Å². The van der Waals surface area contributed by atoms with E-state index in [1.54, 1.807) is 14.2 Å². The van der Waals surface area contributed by atoms with E-state index >= 15 is 0 Å². The molecule has 0 saturated carbocycles. The number of benzene rings is 2. The Labute approximate surface area is 192 Å². The molecule has 9 heteroatoms. The van der Waals surface area contributed by atoms with Gasteiger partial charge in [0.1, 0.15) is 13.2 Å². The lowest BCUT2D eigenvalue weighted by molar-refractivity contribution is 0.171. The highest BCUT2D eigenvalue weighted by atomic mass is 127. The Morgan fingerprint density at radius 3 is 2.62 bits per heavy atom. The van der Waals surface area contributed by atoms with Crippen molar-refractivity contribution in [3.8, 4) is 23.0 Å². The van der Waals surface area contributed by atoms with Crippen LogP contribution in [0.1, 0.15) is 11.1 Å². The summed E-state index contributed by atoms with van der Waals surface area (Å²) in [6, 6.07) is 9.48. The van der Waals surface area contributed by atoms with Crippen LogP contribution < -0.4 is 30.0 Å². The molecule has 2 aromatic rings. The van der Waals surface area contributed by atoms with Crippen LogP contribution in [0.3, 0.4) is 0 Å². The predicted molar refractivity (Wildman–Crippen MR) is 124 cm³/mol. The minimum absolute atomic E-state index is 0. The average molecular weight is 534 g/mol. The van der Waals surface area contributed by atoms with Gasteiger partial charge in [-0.25, -0.2) is 4.99 Å². The molecular weight excluding hydrogens is 509 g/mol. The molecule has 158 valence electrons. The van der Waals surface area contributed by atoms with Crippen molar-refractivity contribution in [2.24, 2.45) is 10.7 Å². The number of halogens is 2. The second-order valence-electron chi connectivity index (χ2n) is 6.17. The molecule has 0 atom stereocenters. The summed E-state index contributed by atoms with van der Waals surface area (Å²) in [6.07, 6.45) is 0.725. The number of hydrogen-bond donors (Lipinski definition) is 2. The van der Waals surface area contributed by atoms with Crippen LogP contribution in [0.25, 0.3) is 0 Å². The van der Waals surface area contributed by atoms with Crippen LogP contribution in [-0.2, 0) is 13.0 Å². The van der Waals surface area contributed by atoms with Crippen LogP contribution in [0.15, 0.2) is 35.3 Å². The number of hydrogen-bond acceptors (Lipinski definition) is 5. The van der Waals surface area contributed by atoms with Gasteiger partial charge < -0.3 is 30.0 Å². The maximum Gasteiger partial charge on any atom is 0.188 e. The summed E-state index contributed by atoms with van der Waals surface area (Å²) < 4.78 is 21.7. The van der Waals surface area contributed by atoms with Gasteiger partial charge in [0.2, 0.25) is 0 Å². The Kier molecular flexibility index (Phi) is 8.97. The molecule has 0 unspecified atom stereocenters. The molecule has 3 rings (SSSR count). The van der Waals surface area contributed by atoms with Gasteiger partial charge in [-0.3, -0.25) is 0 Å². The second-order valence-corrected chi connectivity index (χ2v) is 6.58. The Morgan fingerprint density at radius 2 is 1.86 bits per heavy atom. The zero-order valence-corrected chi connectivity index (χ0v) is 19.5. The third-order valence-electron chi connectivity index (χ3n) is 4.26. The molecule has 0 spiro atoms. The van der Waals surface area contributed by atoms with E-state index in [2.05, 4.69) is 10.3 Å². The van der Waals surface area contributed by atoms with E-state index in [0.29, 0.717) is 60.3 Å². The van der Waals surface area contributed by atoms with E-state index < -0.39 is 0 Å². The van der Waals surface area contributed by atoms with Crippen molar-refractivity contribution in [1.82, 2.24) is 5.32 Å². The fraction of sp³-hybridized carbons (Fsp3) is 0.350. The zero-order chi connectivity index (χ0) is 19.9. The summed E-state index contributed by atoms with van der Waals surface area (Å²) in [7, 11) is 3.21. The van der Waals surface area contributed by atoms with E-state index in [4.69, 9.17) is 36.3 Å². The highest BCUT2D eigenvalue weighted by Gasteiger charge is 2.16. The number of nitrogens with two attached hydrogens (primary N) is 1. The maximum atomic E-state index is 6.26. The molecule has 0 aromatic heterocycles. The monoisotopic (exact) mass is 533 g/mol. The van der Waals surface area contributed by atoms with Gasteiger partial charge in [-0.1, -0.05) is 17.7 Å². The van der Waals surface area contributed by atoms with Crippen molar-refractivity contribution in [2.75, 3.05) is 34.0 Å². The summed E-state index contributed by atoms with van der Waals surface area (Å²) in [5.74, 6) is 3.01. The minimum atomic E-state index is 0. The first-order chi connectivity index (χ1) is 13.6. The van der Waals surface area contributed by atoms with Crippen molar-refractivity contribution >= 4 is 41.5 Å². The molecule has 3 N–H and O–H groups in total. The summed E-state index contributed by atoms with van der Waals surface area (Å²) in [4.78, 5) is 4.36. The molecule has 0 aliphatic carbocycles. The van der Waals surface area contributed by atoms with Gasteiger partial charge in [-0.05, 0) is 41.8 Å². The van der Waals surface area contributed by atoms with Crippen molar-refractivity contribution < 1.29 is 18.9 Å². The van der Waals surface area contributed by atoms with Crippen LogP contribution in [0.4, 0.5) is 0 Å². The highest BCUT2D eigenvalue weighted by Crippen LogP contribution is 2.38. The lowest BCUT2D eigenvalue weighted by Crippen LogP contribution is -2.33. The van der Waals surface area contributed by atoms with Gasteiger partial charge in [-0.15, -0.1) is 24.0 Å². The number of methoxy groups -OCH3 is 2. The Bertz CT molecular complexity index is 864. The number of aliphatic imine (C=N–C) groups is 1. The summed E-state index contributed by atoms with van der Waals surface area (Å²) >= 11 is 6.26. The Balaban J connectivity index is 0.00000300. The third kappa shape index (κ3) is 6.20. The van der Waals surface area contributed by atoms with Gasteiger partial charge >= 0.3 is 0 Å². The summed E-state index contributed by atoms with van der Waals surface area (Å²) in [5.41, 5.74) is 7.97. The first-order valence-corrected chi connectivity index (χ1v) is 9.31. The Hall–Kier alpha value is -2.07. The molecule has 0 radical (unpaired) electrons. The van der Waals surface area contributed by atoms with E-state index in [-0.39, 0.29) is 24.0 Å². The van der Waals surface area contributed by atoms with Crippen LogP contribution >= 0.6 is 35.6 Å².